The van der Waals surface area contributed by atoms with Crippen LogP contribution in [0.4, 0.5) is 8.78 Å². The molecule has 4 heteroatoms. The summed E-state index contributed by atoms with van der Waals surface area (Å²) in [5.74, 6) is 0. The van der Waals surface area contributed by atoms with Gasteiger partial charge in [0, 0.05) is 5.56 Å². The van der Waals surface area contributed by atoms with Crippen molar-refractivity contribution >= 4 is 15.9 Å². The van der Waals surface area contributed by atoms with Crippen LogP contribution in [0, 0.1) is 11.3 Å². The van der Waals surface area contributed by atoms with Crippen molar-refractivity contribution < 1.29 is 8.78 Å². The molecule has 0 heterocycles. The van der Waals surface area contributed by atoms with Crippen molar-refractivity contribution in [2.45, 2.75) is 4.83 Å². The van der Waals surface area contributed by atoms with Crippen molar-refractivity contribution in [1.82, 2.24) is 0 Å². The van der Waals surface area contributed by atoms with E-state index in [9.17, 15) is 8.78 Å². The van der Waals surface area contributed by atoms with Gasteiger partial charge in [0.2, 0.25) is 0 Å². The molecule has 0 fully saturated rings. The lowest BCUT2D eigenvalue weighted by molar-refractivity contribution is 0.114. The zero-order chi connectivity index (χ0) is 13.2. The third-order valence-corrected chi connectivity index (χ3v) is 3.00. The summed E-state index contributed by atoms with van der Waals surface area (Å²) in [5, 5.41) is 8.80. The Bertz CT molecular complexity index is 594. The predicted octanol–water partition coefficient (Wildman–Crippen LogP) is 4.67. The summed E-state index contributed by atoms with van der Waals surface area (Å²) in [6.45, 7) is 0. The SMILES string of the molecule is N#Cc1cccc(-c2ccc(C(F)(F)Br)cc2)c1. The monoisotopic (exact) mass is 307 g/mol. The fourth-order valence-corrected chi connectivity index (χ4v) is 1.88. The Hall–Kier alpha value is -1.73. The summed E-state index contributed by atoms with van der Waals surface area (Å²) in [6.07, 6.45) is 0. The van der Waals surface area contributed by atoms with Gasteiger partial charge in [0.25, 0.3) is 0 Å². The van der Waals surface area contributed by atoms with Gasteiger partial charge in [-0.2, -0.15) is 14.0 Å². The highest BCUT2D eigenvalue weighted by Crippen LogP contribution is 2.35. The molecule has 0 aromatic heterocycles. The average molecular weight is 308 g/mol. The summed E-state index contributed by atoms with van der Waals surface area (Å²) in [6, 6.07) is 15.0. The molecule has 0 radical (unpaired) electrons. The largest absolute Gasteiger partial charge is 0.326 e. The fourth-order valence-electron chi connectivity index (χ4n) is 1.62. The van der Waals surface area contributed by atoms with Crippen LogP contribution in [0.1, 0.15) is 11.1 Å². The van der Waals surface area contributed by atoms with Gasteiger partial charge in [-0.1, -0.05) is 36.4 Å². The molecule has 2 aromatic carbocycles. The summed E-state index contributed by atoms with van der Waals surface area (Å²) in [5.41, 5.74) is 2.08. The minimum Gasteiger partial charge on any atom is -0.192 e. The highest BCUT2D eigenvalue weighted by Gasteiger charge is 2.26. The second kappa shape index (κ2) is 4.87. The van der Waals surface area contributed by atoms with E-state index in [1.165, 1.54) is 12.1 Å². The van der Waals surface area contributed by atoms with Crippen molar-refractivity contribution in [2.75, 3.05) is 0 Å². The predicted molar refractivity (Wildman–Crippen MR) is 69.4 cm³/mol. The summed E-state index contributed by atoms with van der Waals surface area (Å²) in [7, 11) is 0. The topological polar surface area (TPSA) is 23.8 Å². The van der Waals surface area contributed by atoms with Crippen molar-refractivity contribution in [3.05, 3.63) is 59.7 Å². The standard InChI is InChI=1S/C14H8BrF2N/c15-14(16,17)13-6-4-11(5-7-13)12-3-1-2-10(8-12)9-18/h1-8H. The lowest BCUT2D eigenvalue weighted by atomic mass is 10.0. The molecule has 0 aliphatic heterocycles. The molecule has 0 saturated heterocycles. The molecular formula is C14H8BrF2N. The van der Waals surface area contributed by atoms with Crippen LogP contribution in [0.2, 0.25) is 0 Å². The summed E-state index contributed by atoms with van der Waals surface area (Å²) >= 11 is 2.31. The zero-order valence-electron chi connectivity index (χ0n) is 9.20. The van der Waals surface area contributed by atoms with E-state index in [0.29, 0.717) is 5.56 Å². The second-order valence-corrected chi connectivity index (χ2v) is 4.76. The highest BCUT2D eigenvalue weighted by atomic mass is 79.9. The first-order valence-electron chi connectivity index (χ1n) is 5.18. The number of rotatable bonds is 2. The Morgan fingerprint density at radius 3 is 2.22 bits per heavy atom. The van der Waals surface area contributed by atoms with Gasteiger partial charge in [-0.25, -0.2) is 0 Å². The quantitative estimate of drug-likeness (QED) is 0.740. The number of hydrogen-bond donors (Lipinski definition) is 0. The van der Waals surface area contributed by atoms with Gasteiger partial charge in [-0.15, -0.1) is 0 Å². The van der Waals surface area contributed by atoms with E-state index < -0.39 is 4.83 Å². The van der Waals surface area contributed by atoms with Crippen LogP contribution in [-0.2, 0) is 4.83 Å². The molecule has 0 atom stereocenters. The van der Waals surface area contributed by atoms with Gasteiger partial charge < -0.3 is 0 Å². The van der Waals surface area contributed by atoms with Crippen molar-refractivity contribution in [2.24, 2.45) is 0 Å². The Morgan fingerprint density at radius 1 is 1.00 bits per heavy atom. The normalized spacial score (nSPS) is 11.0. The van der Waals surface area contributed by atoms with Crippen LogP contribution in [0.3, 0.4) is 0 Å². The third-order valence-electron chi connectivity index (χ3n) is 2.54. The average Bonchev–Trinajstić information content (AvgIpc) is 2.38. The van der Waals surface area contributed by atoms with E-state index in [0.717, 1.165) is 11.1 Å². The fraction of sp³-hybridized carbons (Fsp3) is 0.0714. The van der Waals surface area contributed by atoms with Gasteiger partial charge >= 0.3 is 4.83 Å². The Labute approximate surface area is 112 Å². The first kappa shape index (κ1) is 12.7. The Morgan fingerprint density at radius 2 is 1.67 bits per heavy atom. The van der Waals surface area contributed by atoms with E-state index in [1.54, 1.807) is 30.3 Å². The molecule has 0 aliphatic rings. The molecule has 2 aromatic rings. The van der Waals surface area contributed by atoms with Gasteiger partial charge in [0.15, 0.2) is 0 Å². The lowest BCUT2D eigenvalue weighted by Gasteiger charge is -2.09. The van der Waals surface area contributed by atoms with E-state index in [-0.39, 0.29) is 5.56 Å². The molecular weight excluding hydrogens is 300 g/mol. The third kappa shape index (κ3) is 2.74. The minimum absolute atomic E-state index is 0.0947. The van der Waals surface area contributed by atoms with E-state index in [1.807, 2.05) is 12.1 Å². The molecule has 0 aliphatic carbocycles. The lowest BCUT2D eigenvalue weighted by Crippen LogP contribution is -2.01. The van der Waals surface area contributed by atoms with E-state index in [4.69, 9.17) is 5.26 Å². The number of alkyl halides is 3. The minimum atomic E-state index is -3.01. The first-order chi connectivity index (χ1) is 8.50. The van der Waals surface area contributed by atoms with Crippen molar-refractivity contribution in [1.29, 1.82) is 5.26 Å². The maximum atomic E-state index is 13.0. The number of hydrogen-bond acceptors (Lipinski definition) is 1. The highest BCUT2D eigenvalue weighted by molar-refractivity contribution is 9.09. The van der Waals surface area contributed by atoms with E-state index in [2.05, 4.69) is 15.9 Å². The smallest absolute Gasteiger partial charge is 0.192 e. The van der Waals surface area contributed by atoms with Crippen LogP contribution in [0.5, 0.6) is 0 Å². The van der Waals surface area contributed by atoms with Crippen LogP contribution >= 0.6 is 15.9 Å². The van der Waals surface area contributed by atoms with Gasteiger partial charge in [0.05, 0.1) is 11.6 Å². The molecule has 2 rings (SSSR count). The number of halogens is 3. The van der Waals surface area contributed by atoms with Crippen LogP contribution in [-0.4, -0.2) is 0 Å². The Balaban J connectivity index is 2.38. The van der Waals surface area contributed by atoms with Crippen molar-refractivity contribution in [3.8, 4) is 17.2 Å². The van der Waals surface area contributed by atoms with Crippen molar-refractivity contribution in [3.63, 3.8) is 0 Å². The maximum Gasteiger partial charge on any atom is 0.326 e. The molecule has 18 heavy (non-hydrogen) atoms. The van der Waals surface area contributed by atoms with Crippen LogP contribution in [0.15, 0.2) is 48.5 Å². The van der Waals surface area contributed by atoms with Gasteiger partial charge in [-0.05, 0) is 39.2 Å². The Kier molecular flexibility index (Phi) is 3.44. The summed E-state index contributed by atoms with van der Waals surface area (Å²) < 4.78 is 26.0. The summed E-state index contributed by atoms with van der Waals surface area (Å²) in [4.78, 5) is -3.01. The molecule has 0 saturated carbocycles. The molecule has 1 nitrogen and oxygen atoms in total. The number of nitriles is 1. The van der Waals surface area contributed by atoms with E-state index >= 15 is 0 Å². The van der Waals surface area contributed by atoms with Gasteiger partial charge in [-0.3, -0.25) is 0 Å². The first-order valence-corrected chi connectivity index (χ1v) is 5.98. The number of benzene rings is 2. The van der Waals surface area contributed by atoms with Crippen LogP contribution in [0.25, 0.3) is 11.1 Å². The van der Waals surface area contributed by atoms with Crippen LogP contribution < -0.4 is 0 Å². The molecule has 0 N–H and O–H groups in total. The van der Waals surface area contributed by atoms with Gasteiger partial charge in [0.1, 0.15) is 0 Å². The molecule has 0 bridgehead atoms. The molecule has 0 amide bonds. The maximum absolute atomic E-state index is 13.0. The number of nitrogens with zero attached hydrogens (tertiary/aromatic N) is 1. The molecule has 0 unspecified atom stereocenters. The molecule has 90 valence electrons. The zero-order valence-corrected chi connectivity index (χ0v) is 10.8. The second-order valence-electron chi connectivity index (χ2n) is 3.77. The molecule has 0 spiro atoms.